The van der Waals surface area contributed by atoms with E-state index >= 15 is 0 Å². The van der Waals surface area contributed by atoms with Gasteiger partial charge in [-0.05, 0) is 36.8 Å². The molecule has 0 saturated heterocycles. The largest absolute Gasteiger partial charge is 0.494 e. The molecule has 0 radical (unpaired) electrons. The van der Waals surface area contributed by atoms with Gasteiger partial charge in [-0.3, -0.25) is 18.7 Å². The van der Waals surface area contributed by atoms with E-state index in [2.05, 4.69) is 5.10 Å². The average molecular weight is 402 g/mol. The third-order valence-electron chi connectivity index (χ3n) is 4.73. The quantitative estimate of drug-likeness (QED) is 0.793. The number of ether oxygens (including phenoxy) is 1. The predicted octanol–water partition coefficient (Wildman–Crippen LogP) is 2.26. The highest BCUT2D eigenvalue weighted by atomic mass is 32.1. The molecule has 1 atom stereocenters. The first kappa shape index (κ1) is 19.8. The number of aromatic hydroxyl groups is 1. The van der Waals surface area contributed by atoms with Crippen molar-refractivity contribution in [2.45, 2.75) is 26.3 Å². The number of benzene rings is 1. The van der Waals surface area contributed by atoms with Crippen LogP contribution in [-0.4, -0.2) is 37.5 Å². The van der Waals surface area contributed by atoms with E-state index in [1.54, 1.807) is 7.05 Å². The zero-order valence-electron chi connectivity index (χ0n) is 16.2. The number of hydrazone groups is 1. The maximum atomic E-state index is 12.7. The van der Waals surface area contributed by atoms with E-state index < -0.39 is 5.56 Å². The summed E-state index contributed by atoms with van der Waals surface area (Å²) in [5.41, 5.74) is 0.809. The molecule has 1 aromatic carbocycles. The molecule has 28 heavy (non-hydrogen) atoms. The molecule has 0 bridgehead atoms. The van der Waals surface area contributed by atoms with Gasteiger partial charge in [-0.15, -0.1) is 0 Å². The summed E-state index contributed by atoms with van der Waals surface area (Å²) in [5.74, 6) is 0.219. The van der Waals surface area contributed by atoms with Crippen LogP contribution in [0.15, 0.2) is 34.2 Å². The molecule has 0 aliphatic carbocycles. The van der Waals surface area contributed by atoms with Gasteiger partial charge in [0.05, 0.1) is 18.4 Å². The highest BCUT2D eigenvalue weighted by Crippen LogP contribution is 2.34. The van der Waals surface area contributed by atoms with Crippen molar-refractivity contribution in [3.05, 3.63) is 50.5 Å². The average Bonchev–Trinajstić information content (AvgIpc) is 3.11. The second-order valence-corrected chi connectivity index (χ2v) is 6.90. The molecule has 148 valence electrons. The minimum Gasteiger partial charge on any atom is -0.494 e. The maximum Gasteiger partial charge on any atom is 0.267 e. The van der Waals surface area contributed by atoms with Gasteiger partial charge >= 0.3 is 0 Å². The molecule has 1 aliphatic heterocycles. The molecule has 0 fully saturated rings. The molecule has 1 amide bonds. The summed E-state index contributed by atoms with van der Waals surface area (Å²) < 4.78 is 8.27. The van der Waals surface area contributed by atoms with Crippen LogP contribution >= 0.6 is 12.2 Å². The van der Waals surface area contributed by atoms with Gasteiger partial charge < -0.3 is 9.84 Å². The number of nitrogens with zero attached hydrogens (tertiary/aromatic N) is 4. The summed E-state index contributed by atoms with van der Waals surface area (Å²) in [5, 5.41) is 16.2. The zero-order chi connectivity index (χ0) is 20.6. The summed E-state index contributed by atoms with van der Waals surface area (Å²) in [4.78, 5) is 24.9. The summed E-state index contributed by atoms with van der Waals surface area (Å²) in [7, 11) is 3.11. The number of aromatic nitrogens is 2. The lowest BCUT2D eigenvalue weighted by Gasteiger charge is -2.20. The molecule has 2 heterocycles. The molecule has 1 unspecified atom stereocenters. The standard InChI is InChI=1S/C19H22N4O4S/c1-5-27-13-8-6-12(7-9-13)15-10-14(20-23(15)11(2)24)16-17(25)21(3)19(28)22(4)18(16)26/h6-9,15,25H,5,10H2,1-4H3. The third kappa shape index (κ3) is 3.33. The molecule has 8 nitrogen and oxygen atoms in total. The maximum absolute atomic E-state index is 12.7. The highest BCUT2D eigenvalue weighted by Gasteiger charge is 2.34. The smallest absolute Gasteiger partial charge is 0.267 e. The fraction of sp³-hybridized carbons (Fsp3) is 0.368. The van der Waals surface area contributed by atoms with Crippen molar-refractivity contribution in [1.29, 1.82) is 0 Å². The molecule has 1 aromatic heterocycles. The monoisotopic (exact) mass is 402 g/mol. The van der Waals surface area contributed by atoms with Crippen molar-refractivity contribution in [2.75, 3.05) is 6.61 Å². The second kappa shape index (κ2) is 7.59. The third-order valence-corrected chi connectivity index (χ3v) is 5.28. The van der Waals surface area contributed by atoms with E-state index in [0.717, 1.165) is 11.3 Å². The Kier molecular flexibility index (Phi) is 5.37. The molecule has 0 spiro atoms. The van der Waals surface area contributed by atoms with E-state index in [-0.39, 0.29) is 28.2 Å². The van der Waals surface area contributed by atoms with Crippen molar-refractivity contribution < 1.29 is 14.6 Å². The van der Waals surface area contributed by atoms with E-state index in [0.29, 0.717) is 18.7 Å². The topological polar surface area (TPSA) is 89.1 Å². The van der Waals surface area contributed by atoms with Crippen LogP contribution in [0, 0.1) is 4.77 Å². The Morgan fingerprint density at radius 1 is 1.29 bits per heavy atom. The number of carbonyl (C=O) groups excluding carboxylic acids is 1. The Hall–Kier alpha value is -2.94. The Labute approximate surface area is 167 Å². The van der Waals surface area contributed by atoms with Gasteiger partial charge in [0.15, 0.2) is 4.77 Å². The summed E-state index contributed by atoms with van der Waals surface area (Å²) in [6.07, 6.45) is 0.299. The van der Waals surface area contributed by atoms with Gasteiger partial charge in [-0.1, -0.05) is 12.1 Å². The lowest BCUT2D eigenvalue weighted by molar-refractivity contribution is -0.130. The minimum absolute atomic E-state index is 0.0540. The van der Waals surface area contributed by atoms with Gasteiger partial charge in [0, 0.05) is 27.4 Å². The van der Waals surface area contributed by atoms with Crippen molar-refractivity contribution in [2.24, 2.45) is 19.2 Å². The molecular weight excluding hydrogens is 380 g/mol. The summed E-state index contributed by atoms with van der Waals surface area (Å²) in [6, 6.07) is 7.03. The Balaban J connectivity index is 2.05. The molecule has 1 aliphatic rings. The fourth-order valence-corrected chi connectivity index (χ4v) is 3.42. The Morgan fingerprint density at radius 2 is 1.93 bits per heavy atom. The van der Waals surface area contributed by atoms with E-state index in [1.165, 1.54) is 28.1 Å². The Bertz CT molecular complexity index is 1070. The van der Waals surface area contributed by atoms with E-state index in [1.807, 2.05) is 31.2 Å². The zero-order valence-corrected chi connectivity index (χ0v) is 17.0. The van der Waals surface area contributed by atoms with E-state index in [9.17, 15) is 14.7 Å². The number of amides is 1. The Morgan fingerprint density at radius 3 is 2.50 bits per heavy atom. The van der Waals surface area contributed by atoms with Crippen LogP contribution in [0.2, 0.25) is 0 Å². The van der Waals surface area contributed by atoms with Crippen LogP contribution in [0.25, 0.3) is 0 Å². The van der Waals surface area contributed by atoms with Crippen molar-refractivity contribution in [3.8, 4) is 11.6 Å². The predicted molar refractivity (Wildman–Crippen MR) is 107 cm³/mol. The van der Waals surface area contributed by atoms with Crippen molar-refractivity contribution in [3.63, 3.8) is 0 Å². The van der Waals surface area contributed by atoms with Crippen molar-refractivity contribution in [1.82, 2.24) is 14.1 Å². The summed E-state index contributed by atoms with van der Waals surface area (Å²) in [6.45, 7) is 3.88. The van der Waals surface area contributed by atoms with Crippen LogP contribution in [-0.2, 0) is 18.9 Å². The lowest BCUT2D eigenvalue weighted by atomic mass is 9.99. The van der Waals surface area contributed by atoms with Gasteiger partial charge in [-0.25, -0.2) is 5.01 Å². The molecule has 0 saturated carbocycles. The van der Waals surface area contributed by atoms with Gasteiger partial charge in [0.2, 0.25) is 11.8 Å². The molecular formula is C19H22N4O4S. The number of rotatable bonds is 4. The molecule has 9 heteroatoms. The number of carbonyl (C=O) groups is 1. The minimum atomic E-state index is -0.449. The number of hydrogen-bond acceptors (Lipinski definition) is 6. The molecule has 3 rings (SSSR count). The van der Waals surface area contributed by atoms with Crippen LogP contribution in [0.5, 0.6) is 11.6 Å². The van der Waals surface area contributed by atoms with E-state index in [4.69, 9.17) is 17.0 Å². The van der Waals surface area contributed by atoms with Crippen molar-refractivity contribution >= 4 is 23.8 Å². The highest BCUT2D eigenvalue weighted by molar-refractivity contribution is 7.71. The first-order valence-electron chi connectivity index (χ1n) is 8.85. The SMILES string of the molecule is CCOc1ccc(C2CC(c3c(O)n(C)c(=S)n(C)c3=O)=NN2C(C)=O)cc1. The van der Waals surface area contributed by atoms with Gasteiger partial charge in [0.25, 0.3) is 5.56 Å². The van der Waals surface area contributed by atoms with Gasteiger partial charge in [0.1, 0.15) is 11.3 Å². The normalized spacial score (nSPS) is 16.2. The second-order valence-electron chi connectivity index (χ2n) is 6.54. The van der Waals surface area contributed by atoms with Crippen LogP contribution in [0.1, 0.15) is 37.4 Å². The molecule has 1 N–H and O–H groups in total. The first-order chi connectivity index (χ1) is 13.3. The van der Waals surface area contributed by atoms with Crippen LogP contribution < -0.4 is 10.3 Å². The lowest BCUT2D eigenvalue weighted by Crippen LogP contribution is -2.28. The van der Waals surface area contributed by atoms with Crippen LogP contribution in [0.4, 0.5) is 0 Å². The fourth-order valence-electron chi connectivity index (χ4n) is 3.25. The number of hydrogen-bond donors (Lipinski definition) is 1. The molecule has 2 aromatic rings. The van der Waals surface area contributed by atoms with Crippen LogP contribution in [0.3, 0.4) is 0 Å². The van der Waals surface area contributed by atoms with Gasteiger partial charge in [-0.2, -0.15) is 5.10 Å². The summed E-state index contributed by atoms with van der Waals surface area (Å²) >= 11 is 5.15. The first-order valence-corrected chi connectivity index (χ1v) is 9.26.